The molecule has 0 aliphatic rings. The number of benzene rings is 2. The largest absolute Gasteiger partial charge is 0.355 e. The minimum Gasteiger partial charge on any atom is -0.355 e. The monoisotopic (exact) mass is 210 g/mol. The first-order chi connectivity index (χ1) is 7.81. The summed E-state index contributed by atoms with van der Waals surface area (Å²) in [6.07, 6.45) is 0. The molecule has 2 aromatic rings. The molecule has 2 rings (SSSR count). The summed E-state index contributed by atoms with van der Waals surface area (Å²) in [5.74, 6) is -0.0661. The van der Waals surface area contributed by atoms with E-state index in [-0.39, 0.29) is 5.91 Å². The number of carbonyl (C=O) groups is 1. The van der Waals surface area contributed by atoms with Gasteiger partial charge in [-0.3, -0.25) is 4.79 Å². The lowest BCUT2D eigenvalue weighted by molar-refractivity contribution is 0.0963. The van der Waals surface area contributed by atoms with Crippen LogP contribution in [0.1, 0.15) is 10.4 Å². The van der Waals surface area contributed by atoms with E-state index in [2.05, 4.69) is 11.4 Å². The van der Waals surface area contributed by atoms with Gasteiger partial charge in [-0.2, -0.15) is 0 Å². The molecule has 0 bridgehead atoms. The summed E-state index contributed by atoms with van der Waals surface area (Å²) in [4.78, 5) is 11.3. The number of rotatable bonds is 2. The van der Waals surface area contributed by atoms with Crippen LogP contribution in [0.3, 0.4) is 0 Å². The van der Waals surface area contributed by atoms with Crippen molar-refractivity contribution in [2.45, 2.75) is 0 Å². The van der Waals surface area contributed by atoms with Crippen LogP contribution in [0.15, 0.2) is 48.5 Å². The summed E-state index contributed by atoms with van der Waals surface area (Å²) < 4.78 is 0. The zero-order chi connectivity index (χ0) is 11.4. The van der Waals surface area contributed by atoms with Gasteiger partial charge in [-0.25, -0.2) is 0 Å². The summed E-state index contributed by atoms with van der Waals surface area (Å²) in [5.41, 5.74) is 2.77. The van der Waals surface area contributed by atoms with Crippen molar-refractivity contribution in [1.82, 2.24) is 5.32 Å². The number of nitrogens with one attached hydrogen (secondary N) is 1. The molecule has 2 nitrogen and oxygen atoms in total. The fourth-order valence-electron chi connectivity index (χ4n) is 1.52. The van der Waals surface area contributed by atoms with Crippen LogP contribution in [0.25, 0.3) is 11.1 Å². The number of hydrogen-bond acceptors (Lipinski definition) is 1. The number of hydrogen-bond donors (Lipinski definition) is 1. The van der Waals surface area contributed by atoms with Gasteiger partial charge in [0.25, 0.3) is 5.91 Å². The molecule has 0 saturated heterocycles. The smallest absolute Gasteiger partial charge is 0.251 e. The molecule has 1 amide bonds. The van der Waals surface area contributed by atoms with Gasteiger partial charge in [0.1, 0.15) is 0 Å². The van der Waals surface area contributed by atoms with Gasteiger partial charge >= 0.3 is 0 Å². The first kappa shape index (κ1) is 10.4. The SMILES string of the molecule is CNC(=O)c1ccc(-c2[c]cccc2)cc1. The Labute approximate surface area is 94.9 Å². The van der Waals surface area contributed by atoms with Gasteiger partial charge in [0.05, 0.1) is 0 Å². The van der Waals surface area contributed by atoms with Crippen LogP contribution >= 0.6 is 0 Å². The van der Waals surface area contributed by atoms with Crippen LogP contribution in [0.4, 0.5) is 0 Å². The highest BCUT2D eigenvalue weighted by Gasteiger charge is 2.02. The molecule has 79 valence electrons. The lowest BCUT2D eigenvalue weighted by Crippen LogP contribution is -2.17. The molecule has 0 aromatic heterocycles. The number of carbonyl (C=O) groups excluding carboxylic acids is 1. The van der Waals surface area contributed by atoms with Gasteiger partial charge in [0.2, 0.25) is 0 Å². The minimum atomic E-state index is -0.0661. The lowest BCUT2D eigenvalue weighted by Gasteiger charge is -2.03. The molecule has 1 N–H and O–H groups in total. The summed E-state index contributed by atoms with van der Waals surface area (Å²) in [6, 6.07) is 18.4. The molecule has 0 aliphatic heterocycles. The van der Waals surface area contributed by atoms with E-state index >= 15 is 0 Å². The third-order valence-corrected chi connectivity index (χ3v) is 2.39. The van der Waals surface area contributed by atoms with Crippen molar-refractivity contribution < 1.29 is 4.79 Å². The molecule has 0 saturated carbocycles. The molecule has 0 spiro atoms. The topological polar surface area (TPSA) is 29.1 Å². The zero-order valence-corrected chi connectivity index (χ0v) is 9.03. The highest BCUT2D eigenvalue weighted by molar-refractivity contribution is 5.94. The molecular formula is C14H12NO. The van der Waals surface area contributed by atoms with Gasteiger partial charge in [-0.1, -0.05) is 36.4 Å². The fourth-order valence-corrected chi connectivity index (χ4v) is 1.52. The van der Waals surface area contributed by atoms with Crippen molar-refractivity contribution in [1.29, 1.82) is 0 Å². The summed E-state index contributed by atoms with van der Waals surface area (Å²) >= 11 is 0. The van der Waals surface area contributed by atoms with Crippen molar-refractivity contribution >= 4 is 5.91 Å². The van der Waals surface area contributed by atoms with Crippen LogP contribution in [0.2, 0.25) is 0 Å². The zero-order valence-electron chi connectivity index (χ0n) is 9.03. The first-order valence-electron chi connectivity index (χ1n) is 5.10. The van der Waals surface area contributed by atoms with Crippen molar-refractivity contribution in [3.63, 3.8) is 0 Å². The Morgan fingerprint density at radius 2 is 1.88 bits per heavy atom. The Balaban J connectivity index is 2.30. The summed E-state index contributed by atoms with van der Waals surface area (Å²) in [6.45, 7) is 0. The van der Waals surface area contributed by atoms with Crippen LogP contribution in [0, 0.1) is 6.07 Å². The third kappa shape index (κ3) is 2.11. The van der Waals surface area contributed by atoms with E-state index in [0.29, 0.717) is 5.56 Å². The maximum atomic E-state index is 11.3. The van der Waals surface area contributed by atoms with Gasteiger partial charge in [-0.05, 0) is 29.3 Å². The number of amides is 1. The second kappa shape index (κ2) is 4.62. The van der Waals surface area contributed by atoms with Crippen molar-refractivity contribution in [2.24, 2.45) is 0 Å². The molecule has 0 heterocycles. The van der Waals surface area contributed by atoms with E-state index in [1.165, 1.54) is 0 Å². The molecule has 2 heteroatoms. The quantitative estimate of drug-likeness (QED) is 0.810. The van der Waals surface area contributed by atoms with Gasteiger partial charge in [-0.15, -0.1) is 0 Å². The lowest BCUT2D eigenvalue weighted by atomic mass is 10.0. The maximum absolute atomic E-state index is 11.3. The van der Waals surface area contributed by atoms with Gasteiger partial charge < -0.3 is 5.32 Å². The Morgan fingerprint density at radius 1 is 1.12 bits per heavy atom. The molecular weight excluding hydrogens is 198 g/mol. The van der Waals surface area contributed by atoms with Crippen LogP contribution in [-0.2, 0) is 0 Å². The van der Waals surface area contributed by atoms with Gasteiger partial charge in [0.15, 0.2) is 0 Å². The van der Waals surface area contributed by atoms with E-state index < -0.39 is 0 Å². The van der Waals surface area contributed by atoms with E-state index in [1.807, 2.05) is 48.5 Å². The van der Waals surface area contributed by atoms with E-state index in [0.717, 1.165) is 11.1 Å². The van der Waals surface area contributed by atoms with Gasteiger partial charge in [0, 0.05) is 12.6 Å². The first-order valence-corrected chi connectivity index (χ1v) is 5.10. The average molecular weight is 210 g/mol. The molecule has 0 atom stereocenters. The van der Waals surface area contributed by atoms with Crippen LogP contribution in [0.5, 0.6) is 0 Å². The second-order valence-electron chi connectivity index (χ2n) is 3.43. The average Bonchev–Trinajstić information content (AvgIpc) is 2.39. The predicted molar refractivity (Wildman–Crippen MR) is 64.1 cm³/mol. The third-order valence-electron chi connectivity index (χ3n) is 2.39. The summed E-state index contributed by atoms with van der Waals surface area (Å²) in [5, 5.41) is 2.59. The van der Waals surface area contributed by atoms with Crippen LogP contribution in [-0.4, -0.2) is 13.0 Å². The molecule has 0 unspecified atom stereocenters. The highest BCUT2D eigenvalue weighted by atomic mass is 16.1. The molecule has 2 aromatic carbocycles. The van der Waals surface area contributed by atoms with E-state index in [9.17, 15) is 4.79 Å². The normalized spacial score (nSPS) is 9.81. The van der Waals surface area contributed by atoms with Crippen LogP contribution < -0.4 is 5.32 Å². The van der Waals surface area contributed by atoms with Crippen molar-refractivity contribution in [3.05, 3.63) is 60.2 Å². The van der Waals surface area contributed by atoms with Crippen molar-refractivity contribution in [2.75, 3.05) is 7.05 Å². The Bertz CT molecular complexity index is 474. The highest BCUT2D eigenvalue weighted by Crippen LogP contribution is 2.18. The minimum absolute atomic E-state index is 0.0661. The van der Waals surface area contributed by atoms with E-state index in [1.54, 1.807) is 7.05 Å². The predicted octanol–water partition coefficient (Wildman–Crippen LogP) is 2.51. The summed E-state index contributed by atoms with van der Waals surface area (Å²) in [7, 11) is 1.63. The Hall–Kier alpha value is -2.09. The van der Waals surface area contributed by atoms with Crippen molar-refractivity contribution in [3.8, 4) is 11.1 Å². The van der Waals surface area contributed by atoms with E-state index in [4.69, 9.17) is 0 Å². The molecule has 16 heavy (non-hydrogen) atoms. The molecule has 0 aliphatic carbocycles. The second-order valence-corrected chi connectivity index (χ2v) is 3.43. The Morgan fingerprint density at radius 3 is 2.44 bits per heavy atom. The standard InChI is InChI=1S/C14H12NO/c1-15-14(16)13-9-7-12(8-10-13)11-5-3-2-4-6-11/h2-5,7-10H,1H3,(H,15,16). The molecule has 1 radical (unpaired) electrons. The molecule has 0 fully saturated rings. The fraction of sp³-hybridized carbons (Fsp3) is 0.0714. The Kier molecular flexibility index (Phi) is 3.01. The maximum Gasteiger partial charge on any atom is 0.251 e.